The monoisotopic (exact) mass is 794 g/mol. The lowest BCUT2D eigenvalue weighted by atomic mass is 10.2. The van der Waals surface area contributed by atoms with Crippen molar-refractivity contribution in [3.8, 4) is 0 Å². The Morgan fingerprint density at radius 3 is 0.961 bits per heavy atom. The standard InChI is InChI=1S/C31H66F6N6O6P2/c32-30(33,34)12-6-26-48-50(44,28-22-42(18-8-14-38)19-9-15-39)46-24-4-2-1-3-5-25-47-51(45,49-27-7-13-31(35,36)37)29-23-43(20-10-16-40)21-11-17-41/h1-29,38-41H2. The largest absolute Gasteiger partial charge is 0.389 e. The molecular formula is C31H66F6N6O6P2. The third kappa shape index (κ3) is 31.7. The lowest BCUT2D eigenvalue weighted by Crippen LogP contribution is -2.31. The number of hydrogen-bond acceptors (Lipinski definition) is 12. The van der Waals surface area contributed by atoms with Gasteiger partial charge in [0.25, 0.3) is 0 Å². The molecule has 8 N–H and O–H groups in total. The Bertz CT molecular complexity index is 843. The molecule has 0 rings (SSSR count). The van der Waals surface area contributed by atoms with E-state index in [1.165, 1.54) is 0 Å². The first-order chi connectivity index (χ1) is 24.1. The number of alkyl halides is 6. The summed E-state index contributed by atoms with van der Waals surface area (Å²) in [5.41, 5.74) is 22.5. The molecule has 0 amide bonds. The van der Waals surface area contributed by atoms with Crippen LogP contribution in [0.2, 0.25) is 0 Å². The molecule has 2 unspecified atom stereocenters. The molecule has 0 aromatic heterocycles. The number of nitrogens with two attached hydrogens (primary N) is 4. The van der Waals surface area contributed by atoms with E-state index >= 15 is 0 Å². The summed E-state index contributed by atoms with van der Waals surface area (Å²) in [6.45, 7) is 4.84. The lowest BCUT2D eigenvalue weighted by Gasteiger charge is -2.25. The molecule has 12 nitrogen and oxygen atoms in total. The molecule has 0 saturated heterocycles. The second kappa shape index (κ2) is 29.9. The van der Waals surface area contributed by atoms with Gasteiger partial charge in [0.1, 0.15) is 0 Å². The van der Waals surface area contributed by atoms with Gasteiger partial charge >= 0.3 is 27.5 Å². The van der Waals surface area contributed by atoms with E-state index in [1.54, 1.807) is 0 Å². The Morgan fingerprint density at radius 1 is 0.412 bits per heavy atom. The van der Waals surface area contributed by atoms with Gasteiger partial charge in [0, 0.05) is 25.9 Å². The number of halogens is 6. The average molecular weight is 795 g/mol. The van der Waals surface area contributed by atoms with Crippen LogP contribution < -0.4 is 22.9 Å². The Kier molecular flexibility index (Phi) is 29.7. The molecule has 0 saturated carbocycles. The lowest BCUT2D eigenvalue weighted by molar-refractivity contribution is -0.137. The van der Waals surface area contributed by atoms with Crippen LogP contribution in [0, 0.1) is 0 Å². The molecule has 0 bridgehead atoms. The summed E-state index contributed by atoms with van der Waals surface area (Å²) in [4.78, 5) is 4.09. The SMILES string of the molecule is NCCCN(CCCN)CCP(=O)(OCCCCCCCOP(=O)(CCN(CCCN)CCCN)OCCCC(F)(F)F)OCCCC(F)(F)F. The van der Waals surface area contributed by atoms with Crippen molar-refractivity contribution < 1.29 is 53.6 Å². The molecular weight excluding hydrogens is 728 g/mol. The maximum absolute atomic E-state index is 13.5. The Balaban J connectivity index is 4.89. The molecule has 0 spiro atoms. The maximum Gasteiger partial charge on any atom is 0.389 e. The Hall–Kier alpha value is -0.360. The molecule has 0 aromatic carbocycles. The van der Waals surface area contributed by atoms with Gasteiger partial charge < -0.3 is 50.8 Å². The molecule has 20 heteroatoms. The predicted molar refractivity (Wildman–Crippen MR) is 190 cm³/mol. The molecule has 51 heavy (non-hydrogen) atoms. The summed E-state index contributed by atoms with van der Waals surface area (Å²) in [5, 5.41) is 0. The minimum absolute atomic E-state index is 0.0294. The quantitative estimate of drug-likeness (QED) is 0.0327. The van der Waals surface area contributed by atoms with Crippen LogP contribution in [0.4, 0.5) is 26.3 Å². The fourth-order valence-corrected chi connectivity index (χ4v) is 8.24. The number of rotatable bonds is 36. The summed E-state index contributed by atoms with van der Waals surface area (Å²) >= 11 is 0. The van der Waals surface area contributed by atoms with Crippen LogP contribution in [0.5, 0.6) is 0 Å². The van der Waals surface area contributed by atoms with Crippen molar-refractivity contribution >= 4 is 15.2 Å². The van der Waals surface area contributed by atoms with E-state index < -0.39 is 40.4 Å². The van der Waals surface area contributed by atoms with Gasteiger partial charge in [-0.15, -0.1) is 0 Å². The van der Waals surface area contributed by atoms with E-state index in [4.69, 9.17) is 41.0 Å². The predicted octanol–water partition coefficient (Wildman–Crippen LogP) is 6.07. The van der Waals surface area contributed by atoms with Crippen molar-refractivity contribution in [1.82, 2.24) is 9.80 Å². The van der Waals surface area contributed by atoms with Gasteiger partial charge in [0.2, 0.25) is 0 Å². The first kappa shape index (κ1) is 50.6. The van der Waals surface area contributed by atoms with Crippen molar-refractivity contribution in [2.45, 2.75) is 95.8 Å². The van der Waals surface area contributed by atoms with Gasteiger partial charge in [-0.2, -0.15) is 26.3 Å². The van der Waals surface area contributed by atoms with E-state index in [0.29, 0.717) is 91.1 Å². The van der Waals surface area contributed by atoms with Crippen molar-refractivity contribution in [3.05, 3.63) is 0 Å². The van der Waals surface area contributed by atoms with E-state index in [0.717, 1.165) is 32.1 Å². The van der Waals surface area contributed by atoms with Crippen LogP contribution in [0.15, 0.2) is 0 Å². The van der Waals surface area contributed by atoms with Gasteiger partial charge in [0.05, 0.1) is 38.8 Å². The van der Waals surface area contributed by atoms with Crippen LogP contribution in [-0.4, -0.2) is 126 Å². The first-order valence-corrected chi connectivity index (χ1v) is 21.7. The molecule has 0 aliphatic heterocycles. The highest BCUT2D eigenvalue weighted by Gasteiger charge is 2.30. The van der Waals surface area contributed by atoms with Gasteiger partial charge in [-0.05, 0) is 104 Å². The third-order valence-corrected chi connectivity index (χ3v) is 11.5. The molecule has 0 radical (unpaired) electrons. The minimum atomic E-state index is -4.34. The molecule has 2 atom stereocenters. The van der Waals surface area contributed by atoms with Crippen LogP contribution >= 0.6 is 15.2 Å². The Labute approximate surface area is 301 Å². The highest BCUT2D eigenvalue weighted by atomic mass is 31.2. The average Bonchev–Trinajstić information content (AvgIpc) is 3.06. The van der Waals surface area contributed by atoms with Crippen molar-refractivity contribution in [2.75, 3.05) is 104 Å². The molecule has 0 aliphatic rings. The van der Waals surface area contributed by atoms with Gasteiger partial charge in [-0.25, -0.2) is 0 Å². The molecule has 308 valence electrons. The smallest absolute Gasteiger partial charge is 0.330 e. The van der Waals surface area contributed by atoms with Crippen molar-refractivity contribution in [1.29, 1.82) is 0 Å². The minimum Gasteiger partial charge on any atom is -0.330 e. The van der Waals surface area contributed by atoms with Gasteiger partial charge in [0.15, 0.2) is 0 Å². The fraction of sp³-hybridized carbons (Fsp3) is 1.00. The highest BCUT2D eigenvalue weighted by molar-refractivity contribution is 7.54. The zero-order valence-corrected chi connectivity index (χ0v) is 32.1. The van der Waals surface area contributed by atoms with E-state index in [2.05, 4.69) is 0 Å². The normalized spacial score (nSPS) is 15.1. The zero-order chi connectivity index (χ0) is 38.5. The second-order valence-electron chi connectivity index (χ2n) is 12.5. The van der Waals surface area contributed by atoms with Crippen molar-refractivity contribution in [3.63, 3.8) is 0 Å². The van der Waals surface area contributed by atoms with Crippen LogP contribution in [0.25, 0.3) is 0 Å². The summed E-state index contributed by atoms with van der Waals surface area (Å²) in [6.07, 6.45) is -5.27. The summed E-state index contributed by atoms with van der Waals surface area (Å²) in [5.74, 6) is 0. The molecule has 0 aliphatic carbocycles. The van der Waals surface area contributed by atoms with E-state index in [-0.39, 0.29) is 51.6 Å². The van der Waals surface area contributed by atoms with E-state index in [1.807, 2.05) is 9.80 Å². The van der Waals surface area contributed by atoms with E-state index in [9.17, 15) is 35.5 Å². The second-order valence-corrected chi connectivity index (χ2v) is 16.8. The summed E-state index contributed by atoms with van der Waals surface area (Å²) in [7, 11) is -7.33. The Morgan fingerprint density at radius 2 is 0.686 bits per heavy atom. The summed E-state index contributed by atoms with van der Waals surface area (Å²) in [6, 6.07) is 0. The first-order valence-electron chi connectivity index (χ1n) is 18.3. The van der Waals surface area contributed by atoms with Gasteiger partial charge in [-0.1, -0.05) is 19.3 Å². The van der Waals surface area contributed by atoms with Gasteiger partial charge in [-0.3, -0.25) is 9.13 Å². The number of unbranched alkanes of at least 4 members (excludes halogenated alkanes) is 4. The third-order valence-electron chi connectivity index (χ3n) is 7.74. The van der Waals surface area contributed by atoms with Crippen LogP contribution in [0.3, 0.4) is 0 Å². The molecule has 0 fully saturated rings. The highest BCUT2D eigenvalue weighted by Crippen LogP contribution is 2.49. The van der Waals surface area contributed by atoms with Crippen LogP contribution in [-0.2, 0) is 27.2 Å². The molecule has 0 aromatic rings. The topological polar surface area (TPSA) is 182 Å². The van der Waals surface area contributed by atoms with Crippen LogP contribution in [0.1, 0.15) is 83.5 Å². The fourth-order valence-electron chi connectivity index (χ4n) is 4.89. The summed E-state index contributed by atoms with van der Waals surface area (Å²) < 4.78 is 125. The molecule has 0 heterocycles. The van der Waals surface area contributed by atoms with Crippen molar-refractivity contribution in [2.24, 2.45) is 22.9 Å². The zero-order valence-electron chi connectivity index (χ0n) is 30.3. The maximum atomic E-state index is 13.5. The number of hydrogen-bond donors (Lipinski definition) is 4. The number of nitrogens with zero attached hydrogens (tertiary/aromatic N) is 2.